The largest absolute Gasteiger partial charge is 0.326 e. The standard InChI is InChI=1S/C17H15N5/c18-11-22-9-8-13(10-22)16-20-15-7-6-14(19-17(15)21-16)12-4-2-1-3-5-12/h1-7,13H,8-10H2,(H,19,20,21). The number of imidazole rings is 1. The van der Waals surface area contributed by atoms with Crippen LogP contribution in [0.15, 0.2) is 42.5 Å². The van der Waals surface area contributed by atoms with Crippen LogP contribution >= 0.6 is 0 Å². The van der Waals surface area contributed by atoms with Gasteiger partial charge in [0.1, 0.15) is 11.3 Å². The first-order valence-corrected chi connectivity index (χ1v) is 7.40. The summed E-state index contributed by atoms with van der Waals surface area (Å²) in [6.07, 6.45) is 3.16. The van der Waals surface area contributed by atoms with E-state index >= 15 is 0 Å². The van der Waals surface area contributed by atoms with Crippen molar-refractivity contribution in [3.63, 3.8) is 0 Å². The molecule has 1 saturated heterocycles. The number of hydrogen-bond donors (Lipinski definition) is 1. The summed E-state index contributed by atoms with van der Waals surface area (Å²) in [6.45, 7) is 1.54. The van der Waals surface area contributed by atoms with E-state index in [0.29, 0.717) is 0 Å². The number of likely N-dealkylation sites (tertiary alicyclic amines) is 1. The highest BCUT2D eigenvalue weighted by Crippen LogP contribution is 2.27. The van der Waals surface area contributed by atoms with Gasteiger partial charge in [0, 0.05) is 24.6 Å². The van der Waals surface area contributed by atoms with Crippen LogP contribution in [0.5, 0.6) is 0 Å². The molecule has 1 unspecified atom stereocenters. The van der Waals surface area contributed by atoms with Crippen molar-refractivity contribution in [1.82, 2.24) is 19.9 Å². The Bertz CT molecular complexity index is 846. The molecule has 1 atom stereocenters. The highest BCUT2D eigenvalue weighted by Gasteiger charge is 2.25. The fraction of sp³-hybridized carbons (Fsp3) is 0.235. The molecule has 0 saturated carbocycles. The maximum Gasteiger partial charge on any atom is 0.179 e. The molecular formula is C17H15N5. The monoisotopic (exact) mass is 289 g/mol. The highest BCUT2D eigenvalue weighted by molar-refractivity contribution is 5.75. The van der Waals surface area contributed by atoms with Crippen molar-refractivity contribution >= 4 is 11.2 Å². The molecule has 2 aromatic heterocycles. The molecule has 4 rings (SSSR count). The number of rotatable bonds is 2. The lowest BCUT2D eigenvalue weighted by Crippen LogP contribution is -2.13. The second-order valence-electron chi connectivity index (χ2n) is 5.58. The summed E-state index contributed by atoms with van der Waals surface area (Å²) in [5.74, 6) is 1.22. The Morgan fingerprint density at radius 1 is 1.14 bits per heavy atom. The van der Waals surface area contributed by atoms with E-state index in [-0.39, 0.29) is 5.92 Å². The lowest BCUT2D eigenvalue weighted by molar-refractivity contribution is 0.477. The second-order valence-corrected chi connectivity index (χ2v) is 5.58. The number of nitrogens with one attached hydrogen (secondary N) is 1. The van der Waals surface area contributed by atoms with Gasteiger partial charge >= 0.3 is 0 Å². The SMILES string of the molecule is N#CN1CCC(c2nc3ccc(-c4ccccc4)nc3[nH]2)C1. The third-order valence-electron chi connectivity index (χ3n) is 4.15. The van der Waals surface area contributed by atoms with Crippen LogP contribution in [0.2, 0.25) is 0 Å². The van der Waals surface area contributed by atoms with Crippen LogP contribution in [-0.4, -0.2) is 32.9 Å². The molecular weight excluding hydrogens is 274 g/mol. The fourth-order valence-electron chi connectivity index (χ4n) is 2.95. The first kappa shape index (κ1) is 12.8. The Labute approximate surface area is 128 Å². The molecule has 22 heavy (non-hydrogen) atoms. The fourth-order valence-corrected chi connectivity index (χ4v) is 2.95. The van der Waals surface area contributed by atoms with E-state index in [1.54, 1.807) is 4.90 Å². The van der Waals surface area contributed by atoms with E-state index in [0.717, 1.165) is 47.8 Å². The van der Waals surface area contributed by atoms with Crippen LogP contribution in [0.3, 0.4) is 0 Å². The molecule has 0 aliphatic carbocycles. The van der Waals surface area contributed by atoms with Gasteiger partial charge in [-0.2, -0.15) is 5.26 Å². The summed E-state index contributed by atoms with van der Waals surface area (Å²) in [5, 5.41) is 8.97. The molecule has 0 bridgehead atoms. The summed E-state index contributed by atoms with van der Waals surface area (Å²) in [4.78, 5) is 14.4. The average Bonchev–Trinajstić information content (AvgIpc) is 3.21. The number of hydrogen-bond acceptors (Lipinski definition) is 4. The van der Waals surface area contributed by atoms with Gasteiger partial charge in [-0.1, -0.05) is 30.3 Å². The van der Waals surface area contributed by atoms with E-state index in [4.69, 9.17) is 5.26 Å². The van der Waals surface area contributed by atoms with E-state index in [2.05, 4.69) is 21.1 Å². The predicted octanol–water partition coefficient (Wildman–Crippen LogP) is 2.90. The van der Waals surface area contributed by atoms with Gasteiger partial charge in [-0.15, -0.1) is 0 Å². The Balaban J connectivity index is 1.69. The lowest BCUT2D eigenvalue weighted by atomic mass is 10.1. The summed E-state index contributed by atoms with van der Waals surface area (Å²) >= 11 is 0. The summed E-state index contributed by atoms with van der Waals surface area (Å²) < 4.78 is 0. The van der Waals surface area contributed by atoms with Crippen molar-refractivity contribution in [3.8, 4) is 17.5 Å². The first-order valence-electron chi connectivity index (χ1n) is 7.40. The minimum absolute atomic E-state index is 0.286. The molecule has 3 heterocycles. The average molecular weight is 289 g/mol. The zero-order valence-corrected chi connectivity index (χ0v) is 12.0. The molecule has 0 spiro atoms. The van der Waals surface area contributed by atoms with Crippen LogP contribution in [0.4, 0.5) is 0 Å². The van der Waals surface area contributed by atoms with E-state index in [1.807, 2.05) is 42.5 Å². The number of aromatic amines is 1. The molecule has 108 valence electrons. The molecule has 1 aromatic carbocycles. The first-order chi connectivity index (χ1) is 10.8. The Kier molecular flexibility index (Phi) is 3.01. The van der Waals surface area contributed by atoms with Crippen molar-refractivity contribution in [2.75, 3.05) is 13.1 Å². The van der Waals surface area contributed by atoms with E-state index in [1.165, 1.54) is 0 Å². The second kappa shape index (κ2) is 5.15. The minimum atomic E-state index is 0.286. The topological polar surface area (TPSA) is 68.6 Å². The zero-order chi connectivity index (χ0) is 14.9. The van der Waals surface area contributed by atoms with Gasteiger partial charge in [0.25, 0.3) is 0 Å². The van der Waals surface area contributed by atoms with Crippen LogP contribution in [-0.2, 0) is 0 Å². The Morgan fingerprint density at radius 3 is 2.77 bits per heavy atom. The third-order valence-corrected chi connectivity index (χ3v) is 4.15. The summed E-state index contributed by atoms with van der Waals surface area (Å²) in [6, 6.07) is 14.1. The Morgan fingerprint density at radius 2 is 2.00 bits per heavy atom. The maximum absolute atomic E-state index is 8.97. The van der Waals surface area contributed by atoms with Gasteiger partial charge in [0.05, 0.1) is 5.69 Å². The van der Waals surface area contributed by atoms with Gasteiger partial charge in [0.2, 0.25) is 0 Å². The van der Waals surface area contributed by atoms with Gasteiger partial charge in [-0.25, -0.2) is 9.97 Å². The van der Waals surface area contributed by atoms with E-state index < -0.39 is 0 Å². The van der Waals surface area contributed by atoms with Crippen LogP contribution in [0, 0.1) is 11.5 Å². The molecule has 1 fully saturated rings. The Hall–Kier alpha value is -2.87. The molecule has 5 heteroatoms. The number of nitrogens with zero attached hydrogens (tertiary/aromatic N) is 4. The third kappa shape index (κ3) is 2.19. The van der Waals surface area contributed by atoms with Gasteiger partial charge in [0.15, 0.2) is 11.8 Å². The number of fused-ring (bicyclic) bond motifs is 1. The molecule has 1 N–H and O–H groups in total. The minimum Gasteiger partial charge on any atom is -0.326 e. The molecule has 3 aromatic rings. The summed E-state index contributed by atoms with van der Waals surface area (Å²) in [5.41, 5.74) is 3.72. The van der Waals surface area contributed by atoms with Gasteiger partial charge in [-0.05, 0) is 18.6 Å². The summed E-state index contributed by atoms with van der Waals surface area (Å²) in [7, 11) is 0. The molecule has 0 radical (unpaired) electrons. The van der Waals surface area contributed by atoms with Crippen molar-refractivity contribution in [2.24, 2.45) is 0 Å². The number of H-pyrrole nitrogens is 1. The molecule has 5 nitrogen and oxygen atoms in total. The van der Waals surface area contributed by atoms with Crippen LogP contribution in [0.25, 0.3) is 22.4 Å². The van der Waals surface area contributed by atoms with Crippen molar-refractivity contribution in [3.05, 3.63) is 48.3 Å². The van der Waals surface area contributed by atoms with Crippen molar-refractivity contribution < 1.29 is 0 Å². The van der Waals surface area contributed by atoms with Crippen LogP contribution < -0.4 is 0 Å². The molecule has 0 amide bonds. The number of pyridine rings is 1. The van der Waals surface area contributed by atoms with Crippen molar-refractivity contribution in [2.45, 2.75) is 12.3 Å². The maximum atomic E-state index is 8.97. The lowest BCUT2D eigenvalue weighted by Gasteiger charge is -2.05. The number of nitriles is 1. The zero-order valence-electron chi connectivity index (χ0n) is 12.0. The predicted molar refractivity (Wildman–Crippen MR) is 83.9 cm³/mol. The van der Waals surface area contributed by atoms with Crippen molar-refractivity contribution in [1.29, 1.82) is 5.26 Å². The smallest absolute Gasteiger partial charge is 0.179 e. The molecule has 1 aliphatic rings. The van der Waals surface area contributed by atoms with Gasteiger partial charge in [-0.3, -0.25) is 0 Å². The van der Waals surface area contributed by atoms with Crippen LogP contribution in [0.1, 0.15) is 18.2 Å². The highest BCUT2D eigenvalue weighted by atomic mass is 15.1. The number of benzene rings is 1. The number of aromatic nitrogens is 3. The van der Waals surface area contributed by atoms with E-state index in [9.17, 15) is 0 Å². The molecule has 1 aliphatic heterocycles. The quantitative estimate of drug-likeness (QED) is 0.736. The van der Waals surface area contributed by atoms with Gasteiger partial charge < -0.3 is 9.88 Å². The normalized spacial score (nSPS) is 17.8.